The van der Waals surface area contributed by atoms with Crippen LogP contribution in [0.25, 0.3) is 12.2 Å². The average molecular weight is 262 g/mol. The van der Waals surface area contributed by atoms with Crippen LogP contribution in [0.1, 0.15) is 39.3 Å². The van der Waals surface area contributed by atoms with Crippen molar-refractivity contribution in [2.24, 2.45) is 11.1 Å². The number of nitrogens with two attached hydrogens (primary N) is 1. The minimum Gasteiger partial charge on any atom is -0.457 e. The summed E-state index contributed by atoms with van der Waals surface area (Å²) in [6.07, 6.45) is 5.37. The summed E-state index contributed by atoms with van der Waals surface area (Å²) in [6, 6.07) is 2.01. The first-order valence-corrected chi connectivity index (χ1v) is 6.77. The van der Waals surface area contributed by atoms with Gasteiger partial charge in [0.2, 0.25) is 0 Å². The van der Waals surface area contributed by atoms with Crippen molar-refractivity contribution in [1.29, 1.82) is 0 Å². The van der Waals surface area contributed by atoms with Crippen molar-refractivity contribution in [2.45, 2.75) is 46.3 Å². The maximum Gasteiger partial charge on any atom is 0.312 e. The lowest BCUT2D eigenvalue weighted by Gasteiger charge is -2.24. The van der Waals surface area contributed by atoms with Crippen LogP contribution in [0.3, 0.4) is 0 Å². The van der Waals surface area contributed by atoms with Crippen LogP contribution >= 0.6 is 0 Å². The minimum atomic E-state index is -0.422. The molecule has 19 heavy (non-hydrogen) atoms. The van der Waals surface area contributed by atoms with E-state index in [0.717, 1.165) is 22.7 Å². The normalized spacial score (nSPS) is 18.2. The Bertz CT molecular complexity index is 584. The lowest BCUT2D eigenvalue weighted by atomic mass is 9.90. The summed E-state index contributed by atoms with van der Waals surface area (Å²) in [6.45, 7) is 6.31. The molecule has 4 heteroatoms. The molecule has 3 N–H and O–H groups in total. The fourth-order valence-electron chi connectivity index (χ4n) is 1.99. The van der Waals surface area contributed by atoms with Crippen LogP contribution in [0.15, 0.2) is 6.07 Å². The van der Waals surface area contributed by atoms with Gasteiger partial charge in [-0.1, -0.05) is 13.0 Å². The molecule has 1 aliphatic carbocycles. The average Bonchev–Trinajstić information content (AvgIpc) is 2.80. The van der Waals surface area contributed by atoms with Crippen LogP contribution < -0.4 is 16.3 Å². The SMILES string of the molecule is CCC(C)(C)C(=O)OC1C=c2cc(CN)[nH]c2=CC1. The molecule has 0 aliphatic heterocycles. The number of aromatic nitrogens is 1. The zero-order valence-electron chi connectivity index (χ0n) is 11.8. The van der Waals surface area contributed by atoms with Gasteiger partial charge >= 0.3 is 5.97 Å². The second-order valence-corrected chi connectivity index (χ2v) is 5.66. The summed E-state index contributed by atoms with van der Waals surface area (Å²) in [7, 11) is 0. The number of ether oxygens (including phenoxy) is 1. The Hall–Kier alpha value is -1.55. The predicted octanol–water partition coefficient (Wildman–Crippen LogP) is 0.786. The number of carbonyl (C=O) groups excluding carboxylic acids is 1. The number of fused-ring (bicyclic) bond motifs is 1. The largest absolute Gasteiger partial charge is 0.457 e. The van der Waals surface area contributed by atoms with Gasteiger partial charge in [-0.3, -0.25) is 4.79 Å². The fraction of sp³-hybridized carbons (Fsp3) is 0.533. The van der Waals surface area contributed by atoms with Crippen LogP contribution in [0.2, 0.25) is 0 Å². The molecule has 0 amide bonds. The molecular weight excluding hydrogens is 240 g/mol. The van der Waals surface area contributed by atoms with E-state index in [1.54, 1.807) is 0 Å². The van der Waals surface area contributed by atoms with E-state index >= 15 is 0 Å². The molecule has 0 spiro atoms. The molecule has 0 aromatic carbocycles. The molecule has 104 valence electrons. The Morgan fingerprint density at radius 2 is 2.32 bits per heavy atom. The molecular formula is C15H22N2O2. The Balaban J connectivity index is 2.15. The Kier molecular flexibility index (Phi) is 3.80. The van der Waals surface area contributed by atoms with E-state index in [1.807, 2.05) is 32.9 Å². The molecule has 0 saturated carbocycles. The highest BCUT2D eigenvalue weighted by Gasteiger charge is 2.29. The third-order valence-corrected chi connectivity index (χ3v) is 3.77. The summed E-state index contributed by atoms with van der Waals surface area (Å²) >= 11 is 0. The van der Waals surface area contributed by atoms with Crippen molar-refractivity contribution in [3.63, 3.8) is 0 Å². The molecule has 1 unspecified atom stereocenters. The monoisotopic (exact) mass is 262 g/mol. The third kappa shape index (κ3) is 2.89. The Morgan fingerprint density at radius 3 is 2.95 bits per heavy atom. The summed E-state index contributed by atoms with van der Waals surface area (Å²) in [4.78, 5) is 15.3. The topological polar surface area (TPSA) is 68.1 Å². The van der Waals surface area contributed by atoms with Gasteiger partial charge in [-0.2, -0.15) is 0 Å². The van der Waals surface area contributed by atoms with Crippen molar-refractivity contribution in [1.82, 2.24) is 4.98 Å². The molecule has 0 saturated heterocycles. The van der Waals surface area contributed by atoms with E-state index < -0.39 is 5.41 Å². The fourth-order valence-corrected chi connectivity index (χ4v) is 1.99. The molecule has 1 aromatic heterocycles. The number of hydrogen-bond donors (Lipinski definition) is 2. The first kappa shape index (κ1) is 13.9. The van der Waals surface area contributed by atoms with Gasteiger partial charge in [0, 0.05) is 24.0 Å². The van der Waals surface area contributed by atoms with Gasteiger partial charge in [-0.05, 0) is 37.6 Å². The highest BCUT2D eigenvalue weighted by Crippen LogP contribution is 2.23. The van der Waals surface area contributed by atoms with Gasteiger partial charge in [0.15, 0.2) is 0 Å². The van der Waals surface area contributed by atoms with Gasteiger partial charge in [0.25, 0.3) is 0 Å². The summed E-state index contributed by atoms with van der Waals surface area (Å²) < 4.78 is 5.58. The predicted molar refractivity (Wildman–Crippen MR) is 75.4 cm³/mol. The maximum absolute atomic E-state index is 12.1. The summed E-state index contributed by atoms with van der Waals surface area (Å²) in [5, 5.41) is 2.14. The van der Waals surface area contributed by atoms with Crippen LogP contribution in [0, 0.1) is 5.41 Å². The Morgan fingerprint density at radius 1 is 1.58 bits per heavy atom. The first-order chi connectivity index (χ1) is 8.96. The lowest BCUT2D eigenvalue weighted by molar-refractivity contribution is -0.156. The zero-order chi connectivity index (χ0) is 14.0. The standard InChI is InChI=1S/C15H22N2O2/c1-4-15(2,3)14(18)19-12-5-6-13-10(8-12)7-11(9-16)17-13/h6-8,12,17H,4-5,9,16H2,1-3H3. The highest BCUT2D eigenvalue weighted by atomic mass is 16.5. The van der Waals surface area contributed by atoms with E-state index in [2.05, 4.69) is 11.1 Å². The summed E-state index contributed by atoms with van der Waals surface area (Å²) in [5.41, 5.74) is 6.18. The molecule has 4 nitrogen and oxygen atoms in total. The molecule has 1 aromatic rings. The molecule has 2 rings (SSSR count). The van der Waals surface area contributed by atoms with Crippen molar-refractivity contribution in [3.05, 3.63) is 22.3 Å². The summed E-state index contributed by atoms with van der Waals surface area (Å²) in [5.74, 6) is -0.136. The maximum atomic E-state index is 12.1. The highest BCUT2D eigenvalue weighted by molar-refractivity contribution is 5.76. The quantitative estimate of drug-likeness (QED) is 0.788. The van der Waals surface area contributed by atoms with E-state index in [0.29, 0.717) is 13.0 Å². The number of H-pyrrole nitrogens is 1. The van der Waals surface area contributed by atoms with E-state index in [1.165, 1.54) is 0 Å². The third-order valence-electron chi connectivity index (χ3n) is 3.77. The second kappa shape index (κ2) is 5.21. The van der Waals surface area contributed by atoms with Gasteiger partial charge in [-0.15, -0.1) is 0 Å². The molecule has 0 bridgehead atoms. The van der Waals surface area contributed by atoms with Gasteiger partial charge < -0.3 is 15.5 Å². The number of carbonyl (C=O) groups is 1. The van der Waals surface area contributed by atoms with Crippen molar-refractivity contribution in [3.8, 4) is 0 Å². The van der Waals surface area contributed by atoms with E-state index in [4.69, 9.17) is 10.5 Å². The lowest BCUT2D eigenvalue weighted by Crippen LogP contribution is -2.34. The van der Waals surface area contributed by atoms with Crippen LogP contribution in [0.5, 0.6) is 0 Å². The minimum absolute atomic E-state index is 0.136. The number of hydrogen-bond acceptors (Lipinski definition) is 3. The van der Waals surface area contributed by atoms with Crippen LogP contribution in [-0.4, -0.2) is 17.1 Å². The molecule has 1 heterocycles. The van der Waals surface area contributed by atoms with Crippen LogP contribution in [-0.2, 0) is 16.1 Å². The second-order valence-electron chi connectivity index (χ2n) is 5.66. The van der Waals surface area contributed by atoms with Gasteiger partial charge in [-0.25, -0.2) is 0 Å². The van der Waals surface area contributed by atoms with E-state index in [-0.39, 0.29) is 12.1 Å². The molecule has 0 radical (unpaired) electrons. The molecule has 0 fully saturated rings. The van der Waals surface area contributed by atoms with Crippen molar-refractivity contribution in [2.75, 3.05) is 0 Å². The first-order valence-electron chi connectivity index (χ1n) is 6.77. The number of rotatable bonds is 4. The Labute approximate surface area is 113 Å². The molecule has 1 aliphatic rings. The van der Waals surface area contributed by atoms with Crippen LogP contribution in [0.4, 0.5) is 0 Å². The van der Waals surface area contributed by atoms with Crippen molar-refractivity contribution >= 4 is 18.1 Å². The zero-order valence-corrected chi connectivity index (χ0v) is 11.8. The van der Waals surface area contributed by atoms with E-state index in [9.17, 15) is 4.79 Å². The number of esters is 1. The smallest absolute Gasteiger partial charge is 0.312 e. The molecule has 1 atom stereocenters. The van der Waals surface area contributed by atoms with Gasteiger partial charge in [0.05, 0.1) is 5.41 Å². The number of aromatic amines is 1. The van der Waals surface area contributed by atoms with Gasteiger partial charge in [0.1, 0.15) is 6.10 Å². The van der Waals surface area contributed by atoms with Crippen molar-refractivity contribution < 1.29 is 9.53 Å². The number of nitrogens with one attached hydrogen (secondary N) is 1.